The number of piperidine rings is 3. The van der Waals surface area contributed by atoms with Crippen LogP contribution in [0.2, 0.25) is 5.02 Å². The summed E-state index contributed by atoms with van der Waals surface area (Å²) in [7, 11) is 3.35. The van der Waals surface area contributed by atoms with Crippen molar-refractivity contribution in [2.75, 3.05) is 50.1 Å². The van der Waals surface area contributed by atoms with Crippen LogP contribution in [0.5, 0.6) is 5.75 Å². The van der Waals surface area contributed by atoms with Gasteiger partial charge >= 0.3 is 0 Å². The Morgan fingerprint density at radius 3 is 2.54 bits per heavy atom. The van der Waals surface area contributed by atoms with Crippen molar-refractivity contribution in [3.05, 3.63) is 69.5 Å². The van der Waals surface area contributed by atoms with E-state index in [1.807, 2.05) is 17.0 Å². The molecule has 12 nitrogen and oxygen atoms in total. The van der Waals surface area contributed by atoms with Crippen molar-refractivity contribution >= 4 is 51.5 Å². The molecule has 0 bridgehead atoms. The molecule has 0 radical (unpaired) electrons. The fraction of sp³-hybridized carbons (Fsp3) is 0.447. The minimum absolute atomic E-state index is 0.0533. The minimum atomic E-state index is -0.578. The number of carbonyl (C=O) groups excluding carboxylic acids is 3. The maximum atomic E-state index is 15.2. The molecule has 3 N–H and O–H groups in total. The molecule has 2 amide bonds. The highest BCUT2D eigenvalue weighted by Crippen LogP contribution is 2.38. The summed E-state index contributed by atoms with van der Waals surface area (Å²) in [4.78, 5) is 53.6. The normalized spacial score (nSPS) is 19.2. The van der Waals surface area contributed by atoms with Gasteiger partial charge in [0.1, 0.15) is 28.9 Å². The van der Waals surface area contributed by atoms with Gasteiger partial charge in [0.05, 0.1) is 25.5 Å². The number of fused-ring (bicyclic) bond motifs is 1. The molecule has 2 aromatic heterocycles. The smallest absolute Gasteiger partial charge is 0.276 e. The van der Waals surface area contributed by atoms with Crippen LogP contribution < -0.4 is 25.8 Å². The number of hydrogen-bond acceptors (Lipinski definition) is 9. The van der Waals surface area contributed by atoms with Crippen LogP contribution in [0.15, 0.2) is 47.5 Å². The number of ether oxygens (including phenoxy) is 1. The molecule has 3 aliphatic heterocycles. The highest BCUT2D eigenvalue weighted by Gasteiger charge is 2.30. The Hall–Kier alpha value is -4.75. The van der Waals surface area contributed by atoms with E-state index in [0.717, 1.165) is 54.4 Å². The molecule has 1 unspecified atom stereocenters. The number of carbonyl (C=O) groups is 3. The molecule has 0 aliphatic carbocycles. The number of amides is 2. The van der Waals surface area contributed by atoms with Gasteiger partial charge in [0.2, 0.25) is 11.8 Å². The average molecular weight is 732 g/mol. The maximum absolute atomic E-state index is 15.2. The second kappa shape index (κ2) is 15.1. The van der Waals surface area contributed by atoms with Crippen molar-refractivity contribution in [2.24, 2.45) is 18.9 Å². The van der Waals surface area contributed by atoms with E-state index in [4.69, 9.17) is 16.3 Å². The molecular formula is C38H43ClFN7O5. The number of Topliss-reactive ketones (excluding diaryl/α,β-unsaturated/α-hetero) is 1. The van der Waals surface area contributed by atoms with Crippen LogP contribution in [0.4, 0.5) is 15.8 Å². The molecule has 52 heavy (non-hydrogen) atoms. The largest absolute Gasteiger partial charge is 0.496 e. The van der Waals surface area contributed by atoms with Crippen LogP contribution in [0.25, 0.3) is 22.0 Å². The lowest BCUT2D eigenvalue weighted by Crippen LogP contribution is -2.47. The number of pyridine rings is 1. The quantitative estimate of drug-likeness (QED) is 0.198. The fourth-order valence-electron chi connectivity index (χ4n) is 7.84. The first-order valence-electron chi connectivity index (χ1n) is 17.9. The van der Waals surface area contributed by atoms with E-state index in [1.165, 1.54) is 10.6 Å². The third-order valence-electron chi connectivity index (χ3n) is 10.9. The Labute approximate surface area is 305 Å². The van der Waals surface area contributed by atoms with Crippen LogP contribution in [0.1, 0.15) is 44.1 Å². The van der Waals surface area contributed by atoms with E-state index in [9.17, 15) is 19.2 Å². The predicted molar refractivity (Wildman–Crippen MR) is 197 cm³/mol. The van der Waals surface area contributed by atoms with Crippen LogP contribution >= 0.6 is 11.6 Å². The summed E-state index contributed by atoms with van der Waals surface area (Å²) in [5.74, 6) is 0.203. The number of aryl methyl sites for hydroxylation is 1. The maximum Gasteiger partial charge on any atom is 0.276 e. The number of rotatable bonds is 10. The van der Waals surface area contributed by atoms with Crippen LogP contribution in [0, 0.1) is 17.7 Å². The zero-order valence-corrected chi connectivity index (χ0v) is 30.1. The Kier molecular flexibility index (Phi) is 10.3. The van der Waals surface area contributed by atoms with Gasteiger partial charge in [0.15, 0.2) is 0 Å². The molecule has 1 atom stereocenters. The summed E-state index contributed by atoms with van der Waals surface area (Å²) in [5.41, 5.74) is 3.89. The number of nitrogens with one attached hydrogen (secondary N) is 3. The second-order valence-electron chi connectivity index (χ2n) is 14.2. The number of anilines is 2. The number of ketones is 1. The van der Waals surface area contributed by atoms with E-state index in [0.29, 0.717) is 72.5 Å². The molecule has 274 valence electrons. The summed E-state index contributed by atoms with van der Waals surface area (Å²) in [6.45, 7) is 3.26. The lowest BCUT2D eigenvalue weighted by atomic mass is 9.88. The number of nitrogens with zero attached hydrogens (tertiary/aromatic N) is 4. The third-order valence-corrected chi connectivity index (χ3v) is 11.2. The number of aromatic nitrogens is 3. The van der Waals surface area contributed by atoms with E-state index in [1.54, 1.807) is 38.7 Å². The average Bonchev–Trinajstić information content (AvgIpc) is 3.63. The summed E-state index contributed by atoms with van der Waals surface area (Å²) in [6, 6.07) is 8.15. The standard InChI is InChI=1S/C38H43ClFN7O5/c1-45-20-28(27-19-41-44-36(27)38(45)51)24-16-29(39)26(34(17-24)52-2)15-22-7-11-46(12-8-22)21-33(48)23-9-13-47(14-10-23)32-5-3-25(18-30(32)40)42-31-4-6-35(49)43-37(31)50/h3,5,16-20,22-23,31,42H,4,6-15,21H2,1-2H3,(H,41,44)(H,43,49,50). The molecule has 7 rings (SSSR count). The first-order valence-corrected chi connectivity index (χ1v) is 18.2. The van der Waals surface area contributed by atoms with Gasteiger partial charge in [-0.15, -0.1) is 0 Å². The molecule has 3 fully saturated rings. The summed E-state index contributed by atoms with van der Waals surface area (Å²) >= 11 is 6.90. The molecule has 0 saturated carbocycles. The van der Waals surface area contributed by atoms with Gasteiger partial charge in [-0.05, 0) is 93.4 Å². The summed E-state index contributed by atoms with van der Waals surface area (Å²) < 4.78 is 22.5. The monoisotopic (exact) mass is 731 g/mol. The third kappa shape index (κ3) is 7.42. The van der Waals surface area contributed by atoms with Gasteiger partial charge < -0.3 is 19.5 Å². The highest BCUT2D eigenvalue weighted by molar-refractivity contribution is 6.32. The lowest BCUT2D eigenvalue weighted by molar-refractivity contribution is -0.133. The molecule has 5 heterocycles. The molecule has 4 aromatic rings. The first-order chi connectivity index (χ1) is 25.1. The van der Waals surface area contributed by atoms with Crippen molar-refractivity contribution < 1.29 is 23.5 Å². The highest BCUT2D eigenvalue weighted by atomic mass is 35.5. The SMILES string of the molecule is COc1cc(-c2cn(C)c(=O)c3[nH]ncc23)cc(Cl)c1CC1CCN(CC(=O)C2CCN(c3ccc(NC4CCC(=O)NC4=O)cc3F)CC2)CC1. The summed E-state index contributed by atoms with van der Waals surface area (Å²) in [5, 5.41) is 13.5. The number of hydrogen-bond donors (Lipinski definition) is 3. The zero-order valence-electron chi connectivity index (χ0n) is 29.3. The molecule has 2 aromatic carbocycles. The molecule has 3 aliphatic rings. The molecule has 3 saturated heterocycles. The van der Waals surface area contributed by atoms with Crippen molar-refractivity contribution in [3.8, 4) is 16.9 Å². The molecular weight excluding hydrogens is 689 g/mol. The van der Waals surface area contributed by atoms with Crippen molar-refractivity contribution in [1.82, 2.24) is 25.0 Å². The predicted octanol–water partition coefficient (Wildman–Crippen LogP) is 4.69. The van der Waals surface area contributed by atoms with Gasteiger partial charge in [0, 0.05) is 65.9 Å². The number of benzene rings is 2. The van der Waals surface area contributed by atoms with Crippen molar-refractivity contribution in [1.29, 1.82) is 0 Å². The Morgan fingerprint density at radius 1 is 1.06 bits per heavy atom. The Morgan fingerprint density at radius 2 is 1.83 bits per heavy atom. The molecule has 0 spiro atoms. The first kappa shape index (κ1) is 35.6. The van der Waals surface area contributed by atoms with Crippen molar-refractivity contribution in [2.45, 2.75) is 51.0 Å². The molecule has 14 heteroatoms. The van der Waals surface area contributed by atoms with E-state index in [2.05, 4.69) is 25.7 Å². The minimum Gasteiger partial charge on any atom is -0.496 e. The van der Waals surface area contributed by atoms with Gasteiger partial charge in [-0.25, -0.2) is 4.39 Å². The number of likely N-dealkylation sites (tertiary alicyclic amines) is 1. The lowest BCUT2D eigenvalue weighted by Gasteiger charge is -2.35. The van der Waals surface area contributed by atoms with Crippen molar-refractivity contribution in [3.63, 3.8) is 0 Å². The zero-order chi connectivity index (χ0) is 36.5. The number of methoxy groups -OCH3 is 1. The van der Waals surface area contributed by atoms with Gasteiger partial charge in [-0.1, -0.05) is 11.6 Å². The summed E-state index contributed by atoms with van der Waals surface area (Å²) in [6.07, 6.45) is 8.04. The van der Waals surface area contributed by atoms with Gasteiger partial charge in [-0.3, -0.25) is 34.5 Å². The van der Waals surface area contributed by atoms with Crippen LogP contribution in [-0.2, 0) is 27.9 Å². The van der Waals surface area contributed by atoms with E-state index < -0.39 is 11.9 Å². The van der Waals surface area contributed by atoms with E-state index >= 15 is 4.39 Å². The number of H-pyrrole nitrogens is 1. The second-order valence-corrected chi connectivity index (χ2v) is 14.6. The number of aromatic amines is 1. The Bertz CT molecular complexity index is 2070. The fourth-order valence-corrected chi connectivity index (χ4v) is 8.13. The van der Waals surface area contributed by atoms with E-state index in [-0.39, 0.29) is 35.4 Å². The van der Waals surface area contributed by atoms with Gasteiger partial charge in [-0.2, -0.15) is 5.10 Å². The Balaban J connectivity index is 0.896. The van der Waals surface area contributed by atoms with Gasteiger partial charge in [0.25, 0.3) is 5.56 Å². The van der Waals surface area contributed by atoms with Crippen LogP contribution in [0.3, 0.4) is 0 Å². The van der Waals surface area contributed by atoms with Crippen LogP contribution in [-0.4, -0.2) is 83.1 Å². The number of halogens is 2. The topological polar surface area (TPSA) is 142 Å². The number of imide groups is 1.